The van der Waals surface area contributed by atoms with Crippen LogP contribution in [0, 0.1) is 0 Å². The molecule has 1 fully saturated rings. The summed E-state index contributed by atoms with van der Waals surface area (Å²) in [5.74, 6) is -0.479. The molecular formula is C9H11N3O3. The van der Waals surface area contributed by atoms with E-state index in [1.165, 1.54) is 6.33 Å². The van der Waals surface area contributed by atoms with E-state index in [1.54, 1.807) is 4.68 Å². The van der Waals surface area contributed by atoms with Gasteiger partial charge in [-0.05, 0) is 6.92 Å². The van der Waals surface area contributed by atoms with Crippen LogP contribution < -0.4 is 0 Å². The maximum atomic E-state index is 11.1. The van der Waals surface area contributed by atoms with Crippen molar-refractivity contribution in [2.24, 2.45) is 0 Å². The van der Waals surface area contributed by atoms with E-state index in [0.29, 0.717) is 12.4 Å². The summed E-state index contributed by atoms with van der Waals surface area (Å²) >= 11 is 0. The molecule has 0 unspecified atom stereocenters. The number of aryl methyl sites for hydroxylation is 1. The third-order valence-corrected chi connectivity index (χ3v) is 2.36. The van der Waals surface area contributed by atoms with E-state index in [1.807, 2.05) is 6.92 Å². The Morgan fingerprint density at radius 2 is 2.13 bits per heavy atom. The number of cyclic esters (lactones) is 2. The monoisotopic (exact) mass is 209 g/mol. The topological polar surface area (TPSA) is 74.1 Å². The van der Waals surface area contributed by atoms with Crippen LogP contribution in [0.3, 0.4) is 0 Å². The van der Waals surface area contributed by atoms with Gasteiger partial charge in [0.05, 0.1) is 12.8 Å². The zero-order valence-corrected chi connectivity index (χ0v) is 8.34. The van der Waals surface area contributed by atoms with E-state index >= 15 is 0 Å². The van der Waals surface area contributed by atoms with Crippen molar-refractivity contribution in [1.29, 1.82) is 0 Å². The van der Waals surface area contributed by atoms with Crippen LogP contribution in [0.4, 0.5) is 0 Å². The van der Waals surface area contributed by atoms with Crippen LogP contribution in [0.1, 0.15) is 31.5 Å². The molecule has 0 bridgehead atoms. The summed E-state index contributed by atoms with van der Waals surface area (Å²) < 4.78 is 6.14. The molecule has 1 aromatic rings. The minimum absolute atomic E-state index is 0.193. The summed E-state index contributed by atoms with van der Waals surface area (Å²) in [6, 6.07) is 0. The van der Waals surface area contributed by atoms with E-state index in [9.17, 15) is 9.59 Å². The second-order valence-corrected chi connectivity index (χ2v) is 3.39. The molecule has 2 rings (SSSR count). The summed E-state index contributed by atoms with van der Waals surface area (Å²) in [6.07, 6.45) is 1.83. The fraction of sp³-hybridized carbons (Fsp3) is 0.556. The Morgan fingerprint density at radius 3 is 2.73 bits per heavy atom. The van der Waals surface area contributed by atoms with Gasteiger partial charge in [0.15, 0.2) is 0 Å². The normalized spacial score (nSPS) is 17.9. The molecule has 0 amide bonds. The highest BCUT2D eigenvalue weighted by atomic mass is 16.6. The molecule has 0 saturated carbocycles. The van der Waals surface area contributed by atoms with Crippen molar-refractivity contribution in [1.82, 2.24) is 14.8 Å². The van der Waals surface area contributed by atoms with Crippen LogP contribution in [0.2, 0.25) is 0 Å². The smallest absolute Gasteiger partial charge is 0.314 e. The molecule has 15 heavy (non-hydrogen) atoms. The Balaban J connectivity index is 2.23. The average molecular weight is 209 g/mol. The SMILES string of the molecule is CCn1ncnc1C1CC(=O)OC(=O)C1. The van der Waals surface area contributed by atoms with Crippen molar-refractivity contribution in [2.45, 2.75) is 32.2 Å². The predicted molar refractivity (Wildman–Crippen MR) is 48.8 cm³/mol. The number of aromatic nitrogens is 3. The molecule has 0 N–H and O–H groups in total. The minimum Gasteiger partial charge on any atom is -0.393 e. The first kappa shape index (κ1) is 9.82. The number of carbonyl (C=O) groups is 2. The number of esters is 2. The van der Waals surface area contributed by atoms with Crippen LogP contribution in [-0.2, 0) is 20.9 Å². The molecule has 1 aliphatic heterocycles. The number of hydrogen-bond acceptors (Lipinski definition) is 5. The van der Waals surface area contributed by atoms with E-state index in [2.05, 4.69) is 14.8 Å². The third-order valence-electron chi connectivity index (χ3n) is 2.36. The molecule has 80 valence electrons. The third kappa shape index (κ3) is 1.88. The zero-order valence-electron chi connectivity index (χ0n) is 8.34. The van der Waals surface area contributed by atoms with Gasteiger partial charge in [-0.1, -0.05) is 0 Å². The van der Waals surface area contributed by atoms with E-state index in [0.717, 1.165) is 0 Å². The molecule has 0 atom stereocenters. The van der Waals surface area contributed by atoms with Crippen molar-refractivity contribution < 1.29 is 14.3 Å². The maximum Gasteiger partial charge on any atom is 0.314 e. The molecule has 1 aliphatic rings. The quantitative estimate of drug-likeness (QED) is 0.515. The van der Waals surface area contributed by atoms with Crippen molar-refractivity contribution in [2.75, 3.05) is 0 Å². The number of nitrogens with zero attached hydrogens (tertiary/aromatic N) is 3. The highest BCUT2D eigenvalue weighted by molar-refractivity contribution is 5.89. The van der Waals surface area contributed by atoms with Gasteiger partial charge in [0.25, 0.3) is 0 Å². The molecule has 0 radical (unpaired) electrons. The van der Waals surface area contributed by atoms with Crippen molar-refractivity contribution in [3.8, 4) is 0 Å². The summed E-state index contributed by atoms with van der Waals surface area (Å²) in [5, 5.41) is 4.00. The molecule has 1 saturated heterocycles. The minimum atomic E-state index is -0.484. The lowest BCUT2D eigenvalue weighted by Gasteiger charge is -2.19. The molecule has 0 spiro atoms. The van der Waals surface area contributed by atoms with Crippen molar-refractivity contribution in [3.05, 3.63) is 12.2 Å². The summed E-state index contributed by atoms with van der Waals surface area (Å²) in [6.45, 7) is 2.61. The van der Waals surface area contributed by atoms with E-state index in [4.69, 9.17) is 0 Å². The molecular weight excluding hydrogens is 198 g/mol. The second kappa shape index (κ2) is 3.80. The number of rotatable bonds is 2. The number of ether oxygens (including phenoxy) is 1. The molecule has 6 heteroatoms. The van der Waals surface area contributed by atoms with Crippen LogP contribution in [0.15, 0.2) is 6.33 Å². The van der Waals surface area contributed by atoms with Gasteiger partial charge in [0.1, 0.15) is 12.2 Å². The fourth-order valence-electron chi connectivity index (χ4n) is 1.70. The van der Waals surface area contributed by atoms with Crippen LogP contribution >= 0.6 is 0 Å². The Bertz CT molecular complexity index is 383. The first-order valence-corrected chi connectivity index (χ1v) is 4.82. The highest BCUT2D eigenvalue weighted by Crippen LogP contribution is 2.26. The van der Waals surface area contributed by atoms with Crippen LogP contribution in [0.5, 0.6) is 0 Å². The first-order valence-electron chi connectivity index (χ1n) is 4.82. The average Bonchev–Trinajstić information content (AvgIpc) is 2.63. The first-order chi connectivity index (χ1) is 7.20. The van der Waals surface area contributed by atoms with Crippen molar-refractivity contribution in [3.63, 3.8) is 0 Å². The maximum absolute atomic E-state index is 11.1. The van der Waals surface area contributed by atoms with Gasteiger partial charge in [0, 0.05) is 12.5 Å². The Morgan fingerprint density at radius 1 is 1.47 bits per heavy atom. The van der Waals surface area contributed by atoms with Gasteiger partial charge in [0.2, 0.25) is 0 Å². The predicted octanol–water partition coefficient (Wildman–Crippen LogP) is 0.245. The Kier molecular flexibility index (Phi) is 2.49. The lowest BCUT2D eigenvalue weighted by Crippen LogP contribution is -2.26. The molecule has 2 heterocycles. The van der Waals surface area contributed by atoms with Crippen LogP contribution in [0.25, 0.3) is 0 Å². The molecule has 0 aromatic carbocycles. The molecule has 0 aliphatic carbocycles. The van der Waals surface area contributed by atoms with E-state index in [-0.39, 0.29) is 18.8 Å². The second-order valence-electron chi connectivity index (χ2n) is 3.39. The Labute approximate surface area is 86.2 Å². The van der Waals surface area contributed by atoms with Gasteiger partial charge in [-0.3, -0.25) is 14.3 Å². The largest absolute Gasteiger partial charge is 0.393 e. The zero-order chi connectivity index (χ0) is 10.8. The Hall–Kier alpha value is -1.72. The fourth-order valence-corrected chi connectivity index (χ4v) is 1.70. The van der Waals surface area contributed by atoms with Crippen molar-refractivity contribution >= 4 is 11.9 Å². The summed E-state index contributed by atoms with van der Waals surface area (Å²) in [4.78, 5) is 26.2. The van der Waals surface area contributed by atoms with E-state index < -0.39 is 11.9 Å². The summed E-state index contributed by atoms with van der Waals surface area (Å²) in [5.41, 5.74) is 0. The highest BCUT2D eigenvalue weighted by Gasteiger charge is 2.31. The number of carbonyl (C=O) groups excluding carboxylic acids is 2. The van der Waals surface area contributed by atoms with Gasteiger partial charge < -0.3 is 4.74 Å². The molecule has 6 nitrogen and oxygen atoms in total. The van der Waals surface area contributed by atoms with Gasteiger partial charge in [-0.2, -0.15) is 5.10 Å². The van der Waals surface area contributed by atoms with Gasteiger partial charge >= 0.3 is 11.9 Å². The lowest BCUT2D eigenvalue weighted by molar-refractivity contribution is -0.164. The van der Waals surface area contributed by atoms with Gasteiger partial charge in [-0.25, -0.2) is 4.98 Å². The van der Waals surface area contributed by atoms with Crippen LogP contribution in [-0.4, -0.2) is 26.7 Å². The standard InChI is InChI=1S/C9H11N3O3/c1-2-12-9(10-5-11-12)6-3-7(13)15-8(14)4-6/h5-6H,2-4H2,1H3. The summed E-state index contributed by atoms with van der Waals surface area (Å²) in [7, 11) is 0. The number of hydrogen-bond donors (Lipinski definition) is 0. The molecule has 1 aromatic heterocycles. The lowest BCUT2D eigenvalue weighted by atomic mass is 9.98. The van der Waals surface area contributed by atoms with Gasteiger partial charge in [-0.15, -0.1) is 0 Å².